The number of ketones is 1. The van der Waals surface area contributed by atoms with Crippen LogP contribution >= 0.6 is 0 Å². The van der Waals surface area contributed by atoms with Gasteiger partial charge in [0, 0.05) is 30.5 Å². The van der Waals surface area contributed by atoms with Gasteiger partial charge in [0.2, 0.25) is 0 Å². The van der Waals surface area contributed by atoms with Gasteiger partial charge in [0.15, 0.2) is 5.78 Å². The zero-order valence-electron chi connectivity index (χ0n) is 17.8. The minimum Gasteiger partial charge on any atom is -0.468 e. The molecule has 2 atom stereocenters. The molecule has 2 aliphatic rings. The number of fused-ring (bicyclic) bond motifs is 1. The number of hydrogen-bond donors (Lipinski definition) is 1. The van der Waals surface area contributed by atoms with Crippen LogP contribution < -0.4 is 5.73 Å². The van der Waals surface area contributed by atoms with E-state index in [4.69, 9.17) is 10.5 Å². The standard InChI is InChI=1S/C25H32N2O3/c1-30-25(29)22-13-18(16-27(22)15-17-7-3-2-4-8-17)14-23(28)21-12-11-19-9-5-6-10-20(19)24(21)26/h5-6,9-12,17-18,22H,2-4,7-8,13-16,26H2,1H3/t18-,22+/m1/s1. The molecule has 2 N–H and O–H groups in total. The quantitative estimate of drug-likeness (QED) is 0.435. The third-order valence-corrected chi connectivity index (χ3v) is 6.93. The van der Waals surface area contributed by atoms with Crippen molar-refractivity contribution >= 4 is 28.2 Å². The molecule has 4 rings (SSSR count). The number of carbonyl (C=O) groups is 2. The third-order valence-electron chi connectivity index (χ3n) is 6.93. The van der Waals surface area contributed by atoms with Gasteiger partial charge in [-0.1, -0.05) is 49.6 Å². The van der Waals surface area contributed by atoms with E-state index in [2.05, 4.69) is 4.90 Å². The van der Waals surface area contributed by atoms with Crippen molar-refractivity contribution in [2.75, 3.05) is 25.9 Å². The Morgan fingerprint density at radius 2 is 1.83 bits per heavy atom. The van der Waals surface area contributed by atoms with Crippen LogP contribution in [0, 0.1) is 11.8 Å². The first-order chi connectivity index (χ1) is 14.6. The molecule has 0 radical (unpaired) electrons. The summed E-state index contributed by atoms with van der Waals surface area (Å²) < 4.78 is 5.07. The monoisotopic (exact) mass is 408 g/mol. The van der Waals surface area contributed by atoms with E-state index >= 15 is 0 Å². The highest BCUT2D eigenvalue weighted by Gasteiger charge is 2.39. The van der Waals surface area contributed by atoms with Crippen molar-refractivity contribution in [1.29, 1.82) is 0 Å². The molecule has 2 fully saturated rings. The average Bonchev–Trinajstić information content (AvgIpc) is 3.16. The van der Waals surface area contributed by atoms with Crippen LogP contribution in [0.1, 0.15) is 55.3 Å². The molecular weight excluding hydrogens is 376 g/mol. The first-order valence-corrected chi connectivity index (χ1v) is 11.2. The molecular formula is C25H32N2O3. The van der Waals surface area contributed by atoms with Crippen molar-refractivity contribution in [1.82, 2.24) is 4.90 Å². The van der Waals surface area contributed by atoms with Crippen LogP contribution in [-0.2, 0) is 9.53 Å². The Kier molecular flexibility index (Phi) is 6.38. The lowest BCUT2D eigenvalue weighted by Gasteiger charge is -2.29. The summed E-state index contributed by atoms with van der Waals surface area (Å²) in [4.78, 5) is 27.8. The number of nitrogens with zero attached hydrogens (tertiary/aromatic N) is 1. The largest absolute Gasteiger partial charge is 0.468 e. The lowest BCUT2D eigenvalue weighted by atomic mass is 9.89. The van der Waals surface area contributed by atoms with E-state index < -0.39 is 0 Å². The summed E-state index contributed by atoms with van der Waals surface area (Å²) in [5, 5.41) is 1.96. The summed E-state index contributed by atoms with van der Waals surface area (Å²) in [6.45, 7) is 1.71. The molecule has 1 heterocycles. The molecule has 0 spiro atoms. The average molecular weight is 409 g/mol. The maximum atomic E-state index is 13.1. The Hall–Kier alpha value is -2.40. The van der Waals surface area contributed by atoms with E-state index in [0.717, 1.165) is 23.9 Å². The molecule has 160 valence electrons. The van der Waals surface area contributed by atoms with Gasteiger partial charge in [-0.05, 0) is 42.6 Å². The molecule has 0 unspecified atom stereocenters. The first-order valence-electron chi connectivity index (χ1n) is 11.2. The van der Waals surface area contributed by atoms with Crippen molar-refractivity contribution in [3.8, 4) is 0 Å². The van der Waals surface area contributed by atoms with E-state index in [1.807, 2.05) is 36.4 Å². The van der Waals surface area contributed by atoms with Gasteiger partial charge < -0.3 is 10.5 Å². The molecule has 30 heavy (non-hydrogen) atoms. The fourth-order valence-corrected chi connectivity index (χ4v) is 5.34. The number of carbonyl (C=O) groups excluding carboxylic acids is 2. The summed E-state index contributed by atoms with van der Waals surface area (Å²) in [5.74, 6) is 0.685. The highest BCUT2D eigenvalue weighted by molar-refractivity contribution is 6.08. The maximum absolute atomic E-state index is 13.1. The smallest absolute Gasteiger partial charge is 0.323 e. The van der Waals surface area contributed by atoms with Crippen LogP contribution in [0.3, 0.4) is 0 Å². The van der Waals surface area contributed by atoms with Gasteiger partial charge in [-0.15, -0.1) is 0 Å². The highest BCUT2D eigenvalue weighted by Crippen LogP contribution is 2.33. The topological polar surface area (TPSA) is 72.6 Å². The molecule has 0 aromatic heterocycles. The summed E-state index contributed by atoms with van der Waals surface area (Å²) in [6.07, 6.45) is 7.45. The van der Waals surface area contributed by atoms with Gasteiger partial charge in [0.05, 0.1) is 12.8 Å². The second kappa shape index (κ2) is 9.17. The van der Waals surface area contributed by atoms with Crippen molar-refractivity contribution in [3.05, 3.63) is 42.0 Å². The van der Waals surface area contributed by atoms with Gasteiger partial charge in [0.25, 0.3) is 0 Å². The molecule has 5 nitrogen and oxygen atoms in total. The minimum atomic E-state index is -0.233. The number of rotatable bonds is 6. The van der Waals surface area contributed by atoms with E-state index in [1.165, 1.54) is 39.2 Å². The normalized spacial score (nSPS) is 23.0. The lowest BCUT2D eigenvalue weighted by molar-refractivity contribution is -0.146. The number of ether oxygens (including phenoxy) is 1. The Morgan fingerprint density at radius 1 is 1.07 bits per heavy atom. The van der Waals surface area contributed by atoms with Gasteiger partial charge in [-0.2, -0.15) is 0 Å². The van der Waals surface area contributed by atoms with Crippen LogP contribution in [-0.4, -0.2) is 42.9 Å². The number of anilines is 1. The Balaban J connectivity index is 1.46. The van der Waals surface area contributed by atoms with Crippen LogP contribution in [0.4, 0.5) is 5.69 Å². The van der Waals surface area contributed by atoms with Crippen LogP contribution in [0.15, 0.2) is 36.4 Å². The van der Waals surface area contributed by atoms with Gasteiger partial charge in [-0.3, -0.25) is 14.5 Å². The van der Waals surface area contributed by atoms with Crippen LogP contribution in [0.5, 0.6) is 0 Å². The SMILES string of the molecule is COC(=O)[C@@H]1C[C@H](CC(=O)c2ccc3ccccc3c2N)CN1CC1CCCCC1. The Morgan fingerprint density at radius 3 is 2.60 bits per heavy atom. The maximum Gasteiger partial charge on any atom is 0.323 e. The minimum absolute atomic E-state index is 0.0615. The number of benzene rings is 2. The number of nitrogen functional groups attached to an aromatic ring is 1. The summed E-state index contributed by atoms with van der Waals surface area (Å²) in [6, 6.07) is 11.4. The van der Waals surface area contributed by atoms with Gasteiger partial charge in [0.1, 0.15) is 6.04 Å². The lowest BCUT2D eigenvalue weighted by Crippen LogP contribution is -2.40. The highest BCUT2D eigenvalue weighted by atomic mass is 16.5. The summed E-state index contributed by atoms with van der Waals surface area (Å²) >= 11 is 0. The third kappa shape index (κ3) is 4.36. The number of hydrogen-bond acceptors (Lipinski definition) is 5. The zero-order valence-corrected chi connectivity index (χ0v) is 17.8. The molecule has 0 amide bonds. The number of nitrogens with two attached hydrogens (primary N) is 1. The zero-order chi connectivity index (χ0) is 21.1. The second-order valence-electron chi connectivity index (χ2n) is 8.97. The summed E-state index contributed by atoms with van der Waals surface area (Å²) in [5.41, 5.74) is 7.48. The van der Waals surface area contributed by atoms with Crippen molar-refractivity contribution in [2.45, 2.75) is 51.0 Å². The van der Waals surface area contributed by atoms with Crippen molar-refractivity contribution in [3.63, 3.8) is 0 Å². The molecule has 1 aliphatic heterocycles. The second-order valence-corrected chi connectivity index (χ2v) is 8.97. The number of esters is 1. The molecule has 1 saturated carbocycles. The predicted molar refractivity (Wildman–Crippen MR) is 119 cm³/mol. The van der Waals surface area contributed by atoms with Crippen LogP contribution in [0.25, 0.3) is 10.8 Å². The predicted octanol–water partition coefficient (Wildman–Crippen LogP) is 4.44. The molecule has 2 aromatic carbocycles. The van der Waals surface area contributed by atoms with E-state index in [1.54, 1.807) is 0 Å². The fourth-order valence-electron chi connectivity index (χ4n) is 5.34. The summed E-state index contributed by atoms with van der Waals surface area (Å²) in [7, 11) is 1.45. The van der Waals surface area contributed by atoms with Crippen molar-refractivity contribution in [2.24, 2.45) is 11.8 Å². The number of methoxy groups -OCH3 is 1. The van der Waals surface area contributed by atoms with E-state index in [0.29, 0.717) is 30.0 Å². The number of Topliss-reactive ketones (excluding diaryl/α,β-unsaturated/α-hetero) is 1. The molecule has 0 bridgehead atoms. The number of likely N-dealkylation sites (tertiary alicyclic amines) is 1. The first kappa shape index (κ1) is 20.9. The fraction of sp³-hybridized carbons (Fsp3) is 0.520. The van der Waals surface area contributed by atoms with E-state index in [9.17, 15) is 9.59 Å². The van der Waals surface area contributed by atoms with E-state index in [-0.39, 0.29) is 23.7 Å². The van der Waals surface area contributed by atoms with Crippen LogP contribution in [0.2, 0.25) is 0 Å². The Labute approximate surface area is 178 Å². The van der Waals surface area contributed by atoms with Gasteiger partial charge in [-0.25, -0.2) is 0 Å². The molecule has 5 heteroatoms. The molecule has 1 saturated heterocycles. The molecule has 1 aliphatic carbocycles. The molecule has 2 aromatic rings. The van der Waals surface area contributed by atoms with Crippen molar-refractivity contribution < 1.29 is 14.3 Å². The Bertz CT molecular complexity index is 920. The van der Waals surface area contributed by atoms with Gasteiger partial charge >= 0.3 is 5.97 Å².